The van der Waals surface area contributed by atoms with Crippen molar-refractivity contribution in [1.82, 2.24) is 14.8 Å². The average molecular weight is 421 g/mol. The molecule has 31 heavy (non-hydrogen) atoms. The third-order valence-corrected chi connectivity index (χ3v) is 5.24. The predicted molar refractivity (Wildman–Crippen MR) is 118 cm³/mol. The van der Waals surface area contributed by atoms with Crippen LogP contribution in [0.15, 0.2) is 42.2 Å². The molecule has 0 saturated carbocycles. The number of nitrogens with zero attached hydrogens (tertiary/aromatic N) is 3. The first-order valence-corrected chi connectivity index (χ1v) is 10.0. The van der Waals surface area contributed by atoms with Crippen LogP contribution in [-0.2, 0) is 11.3 Å². The van der Waals surface area contributed by atoms with Gasteiger partial charge in [0.1, 0.15) is 5.82 Å². The number of aromatic nitrogens is 3. The number of hydrogen-bond donors (Lipinski definition) is 3. The number of aliphatic hydroxyl groups excluding tert-OH is 1. The van der Waals surface area contributed by atoms with Crippen LogP contribution in [0.5, 0.6) is 0 Å². The first-order chi connectivity index (χ1) is 14.7. The zero-order valence-corrected chi connectivity index (χ0v) is 17.8. The molecule has 1 aliphatic rings. The molecule has 0 aliphatic carbocycles. The van der Waals surface area contributed by atoms with E-state index >= 15 is 0 Å². The Labute approximate surface area is 179 Å². The van der Waals surface area contributed by atoms with Gasteiger partial charge in [-0.2, -0.15) is 5.10 Å². The van der Waals surface area contributed by atoms with Crippen LogP contribution in [-0.4, -0.2) is 31.9 Å². The maximum absolute atomic E-state index is 14.5. The number of aliphatic hydroxyl groups is 1. The number of rotatable bonds is 5. The molecule has 1 aliphatic heterocycles. The van der Waals surface area contributed by atoms with E-state index in [9.17, 15) is 14.3 Å². The van der Waals surface area contributed by atoms with Crippen LogP contribution >= 0.6 is 0 Å². The zero-order valence-electron chi connectivity index (χ0n) is 17.8. The van der Waals surface area contributed by atoms with Crippen LogP contribution in [0.25, 0.3) is 16.8 Å². The molecular weight excluding hydrogens is 397 g/mol. The number of carbonyl (C=O) groups is 1. The Bertz CT molecular complexity index is 1190. The van der Waals surface area contributed by atoms with Crippen LogP contribution in [0.3, 0.4) is 0 Å². The second-order valence-corrected chi connectivity index (χ2v) is 7.83. The Morgan fingerprint density at radius 1 is 1.32 bits per heavy atom. The van der Waals surface area contributed by atoms with Gasteiger partial charge in [0.15, 0.2) is 5.82 Å². The fraction of sp³-hybridized carbons (Fsp3) is 0.261. The van der Waals surface area contributed by atoms with Crippen LogP contribution in [0.4, 0.5) is 15.9 Å². The van der Waals surface area contributed by atoms with Gasteiger partial charge in [0, 0.05) is 28.6 Å². The summed E-state index contributed by atoms with van der Waals surface area (Å²) >= 11 is 0. The standard InChI is InChI=1S/C23H24FN5O2/c1-12-6-5-7-17(24)21(12)18-9-16-19(10-25-18)27-23(31)22(16)15(4)26-20-8-13(2)29(28-20)11-14(3)30/h5-10,14,30H,11H2,1-4H3,(H,26,28)(H,27,31)/b22-15-/t14-/m0/s1. The van der Waals surface area contributed by atoms with E-state index in [1.807, 2.05) is 26.0 Å². The van der Waals surface area contributed by atoms with Gasteiger partial charge in [-0.3, -0.25) is 14.5 Å². The van der Waals surface area contributed by atoms with E-state index in [1.54, 1.807) is 36.9 Å². The number of carbonyl (C=O) groups excluding carboxylic acids is 1. The number of allylic oxidation sites excluding steroid dienone is 1. The van der Waals surface area contributed by atoms with Crippen LogP contribution in [0, 0.1) is 19.7 Å². The third kappa shape index (κ3) is 3.94. The molecule has 3 heterocycles. The minimum Gasteiger partial charge on any atom is -0.391 e. The van der Waals surface area contributed by atoms with Crippen molar-refractivity contribution >= 4 is 23.0 Å². The van der Waals surface area contributed by atoms with Gasteiger partial charge < -0.3 is 15.7 Å². The molecule has 0 spiro atoms. The van der Waals surface area contributed by atoms with Gasteiger partial charge in [-0.1, -0.05) is 12.1 Å². The monoisotopic (exact) mass is 421 g/mol. The molecule has 8 heteroatoms. The third-order valence-electron chi connectivity index (χ3n) is 5.24. The lowest BCUT2D eigenvalue weighted by Crippen LogP contribution is -2.14. The van der Waals surface area contributed by atoms with E-state index in [-0.39, 0.29) is 11.7 Å². The minimum atomic E-state index is -0.522. The van der Waals surface area contributed by atoms with Crippen molar-refractivity contribution in [3.8, 4) is 11.3 Å². The Kier molecular flexibility index (Phi) is 5.32. The molecule has 0 bridgehead atoms. The first kappa shape index (κ1) is 20.7. The number of halogens is 1. The molecule has 1 amide bonds. The van der Waals surface area contributed by atoms with Crippen molar-refractivity contribution < 1.29 is 14.3 Å². The molecule has 2 aromatic heterocycles. The van der Waals surface area contributed by atoms with Gasteiger partial charge in [-0.05, 0) is 45.4 Å². The van der Waals surface area contributed by atoms with Crippen LogP contribution in [0.2, 0.25) is 0 Å². The summed E-state index contributed by atoms with van der Waals surface area (Å²) in [5, 5.41) is 20.1. The fourth-order valence-electron chi connectivity index (χ4n) is 3.80. The summed E-state index contributed by atoms with van der Waals surface area (Å²) < 4.78 is 16.2. The maximum atomic E-state index is 14.5. The summed E-state index contributed by atoms with van der Waals surface area (Å²) in [7, 11) is 0. The van der Waals surface area contributed by atoms with Crippen LogP contribution < -0.4 is 10.6 Å². The van der Waals surface area contributed by atoms with Crippen molar-refractivity contribution in [3.05, 3.63) is 64.9 Å². The van der Waals surface area contributed by atoms with E-state index < -0.39 is 6.10 Å². The summed E-state index contributed by atoms with van der Waals surface area (Å²) in [6.07, 6.45) is 1.03. The topological polar surface area (TPSA) is 92.1 Å². The number of aryl methyl sites for hydroxylation is 2. The highest BCUT2D eigenvalue weighted by atomic mass is 19.1. The molecule has 160 valence electrons. The Balaban J connectivity index is 1.72. The smallest absolute Gasteiger partial charge is 0.258 e. The van der Waals surface area contributed by atoms with E-state index in [4.69, 9.17) is 0 Å². The second kappa shape index (κ2) is 7.96. The zero-order chi connectivity index (χ0) is 22.3. The summed E-state index contributed by atoms with van der Waals surface area (Å²) in [6.45, 7) is 7.59. The predicted octanol–water partition coefficient (Wildman–Crippen LogP) is 3.88. The molecule has 0 saturated heterocycles. The van der Waals surface area contributed by atoms with Crippen molar-refractivity contribution in [2.24, 2.45) is 0 Å². The summed E-state index contributed by atoms with van der Waals surface area (Å²) in [5.74, 6) is -0.0443. The lowest BCUT2D eigenvalue weighted by molar-refractivity contribution is -0.110. The summed E-state index contributed by atoms with van der Waals surface area (Å²) in [5.41, 5.74) is 4.84. The van der Waals surface area contributed by atoms with Crippen molar-refractivity contribution in [1.29, 1.82) is 0 Å². The molecule has 3 N–H and O–H groups in total. The van der Waals surface area contributed by atoms with Crippen molar-refractivity contribution in [2.75, 3.05) is 10.6 Å². The number of anilines is 2. The van der Waals surface area contributed by atoms with Gasteiger partial charge in [-0.25, -0.2) is 4.39 Å². The molecular formula is C23H24FN5O2. The average Bonchev–Trinajstić information content (AvgIpc) is 3.19. The number of fused-ring (bicyclic) bond motifs is 1. The normalized spacial score (nSPS) is 15.5. The van der Waals surface area contributed by atoms with E-state index in [0.717, 1.165) is 11.3 Å². The summed E-state index contributed by atoms with van der Waals surface area (Å²) in [4.78, 5) is 17.1. The second-order valence-electron chi connectivity index (χ2n) is 7.83. The Morgan fingerprint density at radius 3 is 2.81 bits per heavy atom. The molecule has 0 fully saturated rings. The molecule has 0 radical (unpaired) electrons. The first-order valence-electron chi connectivity index (χ1n) is 10.0. The lowest BCUT2D eigenvalue weighted by atomic mass is 10.00. The fourth-order valence-corrected chi connectivity index (χ4v) is 3.80. The highest BCUT2D eigenvalue weighted by Gasteiger charge is 2.28. The highest BCUT2D eigenvalue weighted by molar-refractivity contribution is 6.32. The highest BCUT2D eigenvalue weighted by Crippen LogP contribution is 2.37. The number of amides is 1. The number of benzene rings is 1. The van der Waals surface area contributed by atoms with Crippen molar-refractivity contribution in [3.63, 3.8) is 0 Å². The van der Waals surface area contributed by atoms with E-state index in [2.05, 4.69) is 20.7 Å². The van der Waals surface area contributed by atoms with Gasteiger partial charge in [0.25, 0.3) is 5.91 Å². The molecule has 1 aromatic carbocycles. The number of hydrogen-bond acceptors (Lipinski definition) is 5. The largest absolute Gasteiger partial charge is 0.391 e. The van der Waals surface area contributed by atoms with E-state index in [0.29, 0.717) is 46.1 Å². The molecule has 3 aromatic rings. The van der Waals surface area contributed by atoms with Crippen molar-refractivity contribution in [2.45, 2.75) is 40.3 Å². The number of pyridine rings is 1. The molecule has 1 atom stereocenters. The van der Waals surface area contributed by atoms with Gasteiger partial charge in [0.2, 0.25) is 0 Å². The number of nitrogens with one attached hydrogen (secondary N) is 2. The lowest BCUT2D eigenvalue weighted by Gasteiger charge is -2.10. The summed E-state index contributed by atoms with van der Waals surface area (Å²) in [6, 6.07) is 8.46. The van der Waals surface area contributed by atoms with Crippen LogP contribution in [0.1, 0.15) is 30.7 Å². The van der Waals surface area contributed by atoms with Gasteiger partial charge in [0.05, 0.1) is 35.8 Å². The Morgan fingerprint density at radius 2 is 2.10 bits per heavy atom. The van der Waals surface area contributed by atoms with Gasteiger partial charge >= 0.3 is 0 Å². The maximum Gasteiger partial charge on any atom is 0.258 e. The molecule has 0 unspecified atom stereocenters. The SMILES string of the molecule is C/C(Nc1cc(C)n(C[C@H](C)O)n1)=C1/C(=O)Nc2cnc(-c3c(C)cccc3F)cc21. The quantitative estimate of drug-likeness (QED) is 0.544. The molecule has 4 rings (SSSR count). The van der Waals surface area contributed by atoms with Gasteiger partial charge in [-0.15, -0.1) is 0 Å². The Hall–Kier alpha value is -3.52. The van der Waals surface area contributed by atoms with E-state index in [1.165, 1.54) is 6.07 Å². The minimum absolute atomic E-state index is 0.260. The molecule has 7 nitrogen and oxygen atoms in total.